The molecule has 0 saturated carbocycles. The van der Waals surface area contributed by atoms with E-state index in [9.17, 15) is 12.8 Å². The van der Waals surface area contributed by atoms with E-state index in [-0.39, 0.29) is 23.1 Å². The summed E-state index contributed by atoms with van der Waals surface area (Å²) < 4.78 is 45.1. The van der Waals surface area contributed by atoms with Crippen LogP contribution >= 0.6 is 0 Å². The Labute approximate surface area is 118 Å². The van der Waals surface area contributed by atoms with Crippen LogP contribution in [0.3, 0.4) is 0 Å². The second-order valence-electron chi connectivity index (χ2n) is 4.68. The maximum atomic E-state index is 13.3. The predicted octanol–water partition coefficient (Wildman–Crippen LogP) is 1.12. The molecule has 5 nitrogen and oxygen atoms in total. The highest BCUT2D eigenvalue weighted by molar-refractivity contribution is 7.89. The van der Waals surface area contributed by atoms with Crippen LogP contribution in [0.5, 0.6) is 0 Å². The molecule has 112 valence electrons. The normalized spacial score (nSPS) is 21.1. The second kappa shape index (κ2) is 6.17. The summed E-state index contributed by atoms with van der Waals surface area (Å²) in [7, 11) is -3.68. The molecule has 1 N–H and O–H groups in total. The molecule has 0 aliphatic carbocycles. The van der Waals surface area contributed by atoms with Crippen molar-refractivity contribution in [2.24, 2.45) is 0 Å². The summed E-state index contributed by atoms with van der Waals surface area (Å²) in [6.07, 6.45) is 0.619. The molecule has 1 saturated heterocycles. The third-order valence-electron chi connectivity index (χ3n) is 3.38. The Kier molecular flexibility index (Phi) is 4.74. The van der Waals surface area contributed by atoms with Gasteiger partial charge in [-0.15, -0.1) is 0 Å². The van der Waals surface area contributed by atoms with E-state index in [4.69, 9.17) is 9.84 Å². The zero-order valence-electron chi connectivity index (χ0n) is 11.3. The van der Waals surface area contributed by atoms with Gasteiger partial charge in [-0.3, -0.25) is 0 Å². The Morgan fingerprint density at radius 2 is 2.25 bits per heavy atom. The summed E-state index contributed by atoms with van der Waals surface area (Å²) in [6.45, 7) is 2.33. The molecule has 1 fully saturated rings. The van der Waals surface area contributed by atoms with Gasteiger partial charge in [-0.25, -0.2) is 12.8 Å². The highest BCUT2D eigenvalue weighted by Crippen LogP contribution is 2.22. The molecule has 0 aromatic heterocycles. The summed E-state index contributed by atoms with van der Waals surface area (Å²) in [5, 5.41) is 9.03. The van der Waals surface area contributed by atoms with Gasteiger partial charge in [0.25, 0.3) is 0 Å². The summed E-state index contributed by atoms with van der Waals surface area (Å²) in [5.74, 6) is -0.611. The Balaban J connectivity index is 2.30. The van der Waals surface area contributed by atoms with Gasteiger partial charge < -0.3 is 9.84 Å². The van der Waals surface area contributed by atoms with Gasteiger partial charge in [0.2, 0.25) is 10.0 Å². The van der Waals surface area contributed by atoms with Crippen molar-refractivity contribution >= 4 is 10.0 Å². The fourth-order valence-electron chi connectivity index (χ4n) is 2.14. The lowest BCUT2D eigenvalue weighted by atomic mass is 10.2. The number of aliphatic hydroxyl groups is 1. The zero-order valence-corrected chi connectivity index (χ0v) is 12.1. The van der Waals surface area contributed by atoms with E-state index in [1.165, 1.54) is 16.4 Å². The first kappa shape index (κ1) is 15.4. The minimum Gasteiger partial charge on any atom is -0.392 e. The average Bonchev–Trinajstić information content (AvgIpc) is 2.47. The fraction of sp³-hybridized carbons (Fsp3) is 0.538. The lowest BCUT2D eigenvalue weighted by molar-refractivity contribution is -0.00278. The van der Waals surface area contributed by atoms with Crippen LogP contribution in [0.25, 0.3) is 0 Å². The molecule has 1 aromatic carbocycles. The number of hydrogen-bond acceptors (Lipinski definition) is 4. The smallest absolute Gasteiger partial charge is 0.243 e. The van der Waals surface area contributed by atoms with Gasteiger partial charge >= 0.3 is 0 Å². The topological polar surface area (TPSA) is 66.8 Å². The third-order valence-corrected chi connectivity index (χ3v) is 5.24. The molecule has 0 bridgehead atoms. The van der Waals surface area contributed by atoms with Gasteiger partial charge in [0.15, 0.2) is 0 Å². The number of aliphatic hydroxyl groups excluding tert-OH is 1. The van der Waals surface area contributed by atoms with Gasteiger partial charge in [0.1, 0.15) is 5.82 Å². The van der Waals surface area contributed by atoms with Crippen molar-refractivity contribution in [1.29, 1.82) is 0 Å². The molecule has 2 rings (SSSR count). The van der Waals surface area contributed by atoms with E-state index >= 15 is 0 Å². The molecule has 0 radical (unpaired) electrons. The quantitative estimate of drug-likeness (QED) is 0.905. The molecular formula is C13H18FNO4S. The number of morpholine rings is 1. The molecule has 1 atom stereocenters. The van der Waals surface area contributed by atoms with Crippen molar-refractivity contribution in [3.63, 3.8) is 0 Å². The second-order valence-corrected chi connectivity index (χ2v) is 6.61. The Hall–Kier alpha value is -1.02. The molecule has 1 heterocycles. The molecule has 1 aromatic rings. The van der Waals surface area contributed by atoms with Crippen LogP contribution < -0.4 is 0 Å². The van der Waals surface area contributed by atoms with Gasteiger partial charge in [0.05, 0.1) is 24.2 Å². The summed E-state index contributed by atoms with van der Waals surface area (Å²) >= 11 is 0. The number of hydrogen-bond donors (Lipinski definition) is 1. The first-order valence-electron chi connectivity index (χ1n) is 6.50. The van der Waals surface area contributed by atoms with Crippen molar-refractivity contribution in [3.8, 4) is 0 Å². The molecule has 0 spiro atoms. The minimum atomic E-state index is -3.68. The van der Waals surface area contributed by atoms with Gasteiger partial charge in [0, 0.05) is 18.7 Å². The average molecular weight is 303 g/mol. The molecular weight excluding hydrogens is 285 g/mol. The van der Waals surface area contributed by atoms with Crippen molar-refractivity contribution in [3.05, 3.63) is 29.6 Å². The number of ether oxygens (including phenoxy) is 1. The number of nitrogens with zero attached hydrogens (tertiary/aromatic N) is 1. The number of benzene rings is 1. The van der Waals surface area contributed by atoms with E-state index in [1.54, 1.807) is 0 Å². The fourth-order valence-corrected chi connectivity index (χ4v) is 3.65. The molecule has 1 aliphatic rings. The third kappa shape index (κ3) is 3.01. The van der Waals surface area contributed by atoms with Crippen molar-refractivity contribution in [2.75, 3.05) is 19.7 Å². The lowest BCUT2D eigenvalue weighted by Gasteiger charge is -2.31. The Bertz CT molecular complexity index is 576. The molecule has 7 heteroatoms. The van der Waals surface area contributed by atoms with Crippen molar-refractivity contribution in [1.82, 2.24) is 4.31 Å². The molecule has 1 aliphatic heterocycles. The first-order chi connectivity index (χ1) is 9.48. The van der Waals surface area contributed by atoms with Crippen LogP contribution in [-0.2, 0) is 21.4 Å². The van der Waals surface area contributed by atoms with Gasteiger partial charge in [-0.05, 0) is 24.6 Å². The zero-order chi connectivity index (χ0) is 14.8. The van der Waals surface area contributed by atoms with Crippen LogP contribution in [0.15, 0.2) is 23.1 Å². The highest BCUT2D eigenvalue weighted by Gasteiger charge is 2.30. The Morgan fingerprint density at radius 3 is 2.90 bits per heavy atom. The van der Waals surface area contributed by atoms with Crippen LogP contribution in [0, 0.1) is 5.82 Å². The summed E-state index contributed by atoms with van der Waals surface area (Å²) in [4.78, 5) is -0.000275. The van der Waals surface area contributed by atoms with Crippen molar-refractivity contribution in [2.45, 2.75) is 31.0 Å². The predicted molar refractivity (Wildman–Crippen MR) is 71.1 cm³/mol. The van der Waals surface area contributed by atoms with Crippen LogP contribution in [0.1, 0.15) is 18.9 Å². The number of halogens is 1. The first-order valence-corrected chi connectivity index (χ1v) is 7.94. The van der Waals surface area contributed by atoms with Crippen LogP contribution in [0.4, 0.5) is 4.39 Å². The monoisotopic (exact) mass is 303 g/mol. The van der Waals surface area contributed by atoms with E-state index in [1.807, 2.05) is 6.92 Å². The number of rotatable bonds is 4. The van der Waals surface area contributed by atoms with Gasteiger partial charge in [-0.2, -0.15) is 4.31 Å². The van der Waals surface area contributed by atoms with E-state index in [2.05, 4.69) is 0 Å². The maximum Gasteiger partial charge on any atom is 0.243 e. The highest BCUT2D eigenvalue weighted by atomic mass is 32.2. The van der Waals surface area contributed by atoms with Crippen LogP contribution in [-0.4, -0.2) is 43.6 Å². The molecule has 0 amide bonds. The minimum absolute atomic E-state index is 0.000275. The van der Waals surface area contributed by atoms with Crippen molar-refractivity contribution < 1.29 is 22.7 Å². The van der Waals surface area contributed by atoms with E-state index < -0.39 is 22.4 Å². The van der Waals surface area contributed by atoms with Crippen LogP contribution in [0.2, 0.25) is 0 Å². The van der Waals surface area contributed by atoms with Gasteiger partial charge in [-0.1, -0.05) is 6.92 Å². The number of sulfonamides is 1. The molecule has 1 unspecified atom stereocenters. The maximum absolute atomic E-state index is 13.3. The largest absolute Gasteiger partial charge is 0.392 e. The summed E-state index contributed by atoms with van der Waals surface area (Å²) in [5.41, 5.74) is -0.0219. The van der Waals surface area contributed by atoms with E-state index in [0.717, 1.165) is 12.5 Å². The summed E-state index contributed by atoms with van der Waals surface area (Å²) in [6, 6.07) is 3.47. The standard InChI is InChI=1S/C13H18FNO4S/c1-2-11-8-15(5-6-19-11)20(17,18)12-3-4-13(14)10(7-12)9-16/h3-4,7,11,16H,2,5-6,8-9H2,1H3. The van der Waals surface area contributed by atoms with E-state index in [0.29, 0.717) is 13.2 Å². The Morgan fingerprint density at radius 1 is 1.50 bits per heavy atom. The lowest BCUT2D eigenvalue weighted by Crippen LogP contribution is -2.45. The molecule has 20 heavy (non-hydrogen) atoms. The SMILES string of the molecule is CCC1CN(S(=O)(=O)c2ccc(F)c(CO)c2)CCO1.